The van der Waals surface area contributed by atoms with Gasteiger partial charge in [0.25, 0.3) is 0 Å². The monoisotopic (exact) mass is 354 g/mol. The van der Waals surface area contributed by atoms with Gasteiger partial charge in [0, 0.05) is 28.3 Å². The third kappa shape index (κ3) is 3.98. The summed E-state index contributed by atoms with van der Waals surface area (Å²) >= 11 is 3.47. The average molecular weight is 355 g/mol. The van der Waals surface area contributed by atoms with E-state index in [1.165, 1.54) is 7.11 Å². The summed E-state index contributed by atoms with van der Waals surface area (Å²) < 4.78 is 5.73. The van der Waals surface area contributed by atoms with Crippen molar-refractivity contribution in [1.82, 2.24) is 5.32 Å². The van der Waals surface area contributed by atoms with Crippen LogP contribution in [-0.4, -0.2) is 31.2 Å². The van der Waals surface area contributed by atoms with Crippen molar-refractivity contribution in [3.05, 3.63) is 27.7 Å². The van der Waals surface area contributed by atoms with Gasteiger partial charge in [-0.3, -0.25) is 0 Å². The molecule has 3 atom stereocenters. The zero-order valence-electron chi connectivity index (χ0n) is 13.0. The number of anilines is 1. The molecule has 0 aliphatic carbocycles. The Morgan fingerprint density at radius 3 is 2.52 bits per heavy atom. The molecular formula is C16H23BrN2O2. The van der Waals surface area contributed by atoms with Gasteiger partial charge in [-0.15, -0.1) is 0 Å². The van der Waals surface area contributed by atoms with Crippen LogP contribution in [0.3, 0.4) is 0 Å². The minimum Gasteiger partial charge on any atom is -0.465 e. The summed E-state index contributed by atoms with van der Waals surface area (Å²) in [6.07, 6.45) is 2.15. The van der Waals surface area contributed by atoms with E-state index >= 15 is 0 Å². The number of methoxy groups -OCH3 is 1. The first-order chi connectivity index (χ1) is 9.90. The maximum Gasteiger partial charge on any atom is 0.338 e. The predicted molar refractivity (Wildman–Crippen MR) is 88.9 cm³/mol. The van der Waals surface area contributed by atoms with Gasteiger partial charge in [-0.1, -0.05) is 15.9 Å². The van der Waals surface area contributed by atoms with Crippen LogP contribution in [0.25, 0.3) is 0 Å². The minimum absolute atomic E-state index is 0.302. The fraction of sp³-hybridized carbons (Fsp3) is 0.562. The van der Waals surface area contributed by atoms with Crippen LogP contribution in [0.4, 0.5) is 5.69 Å². The normalized spacial score (nSPS) is 25.5. The summed E-state index contributed by atoms with van der Waals surface area (Å²) in [6.45, 7) is 6.37. The van der Waals surface area contributed by atoms with Gasteiger partial charge < -0.3 is 15.4 Å². The molecule has 2 unspecified atom stereocenters. The second-order valence-corrected chi connectivity index (χ2v) is 6.81. The largest absolute Gasteiger partial charge is 0.465 e. The van der Waals surface area contributed by atoms with Crippen LogP contribution in [0.2, 0.25) is 0 Å². The molecule has 1 aliphatic rings. The highest BCUT2D eigenvalue weighted by atomic mass is 79.9. The second kappa shape index (κ2) is 6.79. The molecule has 0 aromatic heterocycles. The number of piperidine rings is 1. The number of hydrogen-bond acceptors (Lipinski definition) is 4. The first kappa shape index (κ1) is 16.3. The van der Waals surface area contributed by atoms with E-state index in [4.69, 9.17) is 4.74 Å². The van der Waals surface area contributed by atoms with E-state index in [2.05, 4.69) is 40.4 Å². The SMILES string of the molecule is COC(=O)c1cc(Br)cc(NC2CC(C)N[C@H](C)C2)c1C. The molecule has 2 rings (SSSR count). The van der Waals surface area contributed by atoms with Crippen LogP contribution in [0.1, 0.15) is 42.6 Å². The molecule has 21 heavy (non-hydrogen) atoms. The molecule has 116 valence electrons. The Labute approximate surface area is 134 Å². The number of carbonyl (C=O) groups excluding carboxylic acids is 1. The molecule has 5 heteroatoms. The van der Waals surface area contributed by atoms with Crippen molar-refractivity contribution in [2.24, 2.45) is 0 Å². The Balaban J connectivity index is 2.23. The number of hydrogen-bond donors (Lipinski definition) is 2. The molecule has 1 heterocycles. The fourth-order valence-corrected chi connectivity index (χ4v) is 3.52. The van der Waals surface area contributed by atoms with E-state index in [9.17, 15) is 4.79 Å². The van der Waals surface area contributed by atoms with E-state index < -0.39 is 0 Å². The Morgan fingerprint density at radius 2 is 1.95 bits per heavy atom. The molecule has 1 fully saturated rings. The van der Waals surface area contributed by atoms with Gasteiger partial charge in [0.2, 0.25) is 0 Å². The number of benzene rings is 1. The van der Waals surface area contributed by atoms with Gasteiger partial charge in [-0.25, -0.2) is 4.79 Å². The smallest absolute Gasteiger partial charge is 0.338 e. The molecule has 1 aliphatic heterocycles. The molecule has 4 nitrogen and oxygen atoms in total. The highest BCUT2D eigenvalue weighted by Gasteiger charge is 2.24. The molecule has 0 radical (unpaired) electrons. The second-order valence-electron chi connectivity index (χ2n) is 5.90. The van der Waals surface area contributed by atoms with Crippen LogP contribution < -0.4 is 10.6 Å². The molecule has 0 spiro atoms. The highest BCUT2D eigenvalue weighted by molar-refractivity contribution is 9.10. The van der Waals surface area contributed by atoms with Crippen LogP contribution >= 0.6 is 15.9 Å². The molecular weight excluding hydrogens is 332 g/mol. The molecule has 2 N–H and O–H groups in total. The Bertz CT molecular complexity index is 523. The summed E-state index contributed by atoms with van der Waals surface area (Å²) in [5.41, 5.74) is 2.53. The fourth-order valence-electron chi connectivity index (χ4n) is 3.06. The lowest BCUT2D eigenvalue weighted by Gasteiger charge is -2.34. The van der Waals surface area contributed by atoms with Crippen LogP contribution in [-0.2, 0) is 4.74 Å². The van der Waals surface area contributed by atoms with Crippen LogP contribution in [0, 0.1) is 6.92 Å². The van der Waals surface area contributed by atoms with Gasteiger partial charge in [-0.2, -0.15) is 0 Å². The molecule has 0 bridgehead atoms. The molecule has 0 amide bonds. The van der Waals surface area contributed by atoms with Gasteiger partial charge in [0.05, 0.1) is 12.7 Å². The van der Waals surface area contributed by atoms with E-state index in [0.717, 1.165) is 28.6 Å². The third-order valence-electron chi connectivity index (χ3n) is 3.98. The Kier molecular flexibility index (Phi) is 5.27. The molecule has 0 saturated carbocycles. The summed E-state index contributed by atoms with van der Waals surface area (Å²) in [4.78, 5) is 11.9. The minimum atomic E-state index is -0.302. The zero-order chi connectivity index (χ0) is 15.6. The first-order valence-corrected chi connectivity index (χ1v) is 8.11. The van der Waals surface area contributed by atoms with Gasteiger partial charge >= 0.3 is 5.97 Å². The van der Waals surface area contributed by atoms with Crippen molar-refractivity contribution in [3.8, 4) is 0 Å². The van der Waals surface area contributed by atoms with Crippen molar-refractivity contribution in [1.29, 1.82) is 0 Å². The number of ether oxygens (including phenoxy) is 1. The first-order valence-electron chi connectivity index (χ1n) is 7.31. The Hall–Kier alpha value is -1.07. The molecule has 1 saturated heterocycles. The number of nitrogens with one attached hydrogen (secondary N) is 2. The quantitative estimate of drug-likeness (QED) is 0.815. The highest BCUT2D eigenvalue weighted by Crippen LogP contribution is 2.28. The summed E-state index contributed by atoms with van der Waals surface area (Å²) in [7, 11) is 1.41. The lowest BCUT2D eigenvalue weighted by molar-refractivity contribution is 0.0600. The van der Waals surface area contributed by atoms with Crippen LogP contribution in [0.15, 0.2) is 16.6 Å². The Morgan fingerprint density at radius 1 is 1.33 bits per heavy atom. The molecule has 1 aromatic carbocycles. The van der Waals surface area contributed by atoms with Crippen molar-refractivity contribution < 1.29 is 9.53 Å². The lowest BCUT2D eigenvalue weighted by Crippen LogP contribution is -2.46. The maximum absolute atomic E-state index is 11.9. The van der Waals surface area contributed by atoms with Crippen molar-refractivity contribution in [2.75, 3.05) is 12.4 Å². The predicted octanol–water partition coefficient (Wildman–Crippen LogP) is 3.49. The molecule has 1 aromatic rings. The topological polar surface area (TPSA) is 50.4 Å². The van der Waals surface area contributed by atoms with Gasteiger partial charge in [0.15, 0.2) is 0 Å². The zero-order valence-corrected chi connectivity index (χ0v) is 14.6. The number of halogens is 1. The lowest BCUT2D eigenvalue weighted by atomic mass is 9.94. The summed E-state index contributed by atoms with van der Waals surface area (Å²) in [6, 6.07) is 5.24. The van der Waals surface area contributed by atoms with E-state index in [1.807, 2.05) is 13.0 Å². The standard InChI is InChI=1S/C16H23BrN2O2/c1-9-5-13(6-10(2)18-9)19-15-8-12(17)7-14(11(15)3)16(20)21-4/h7-10,13,18-19H,5-6H2,1-4H3/t9-,10?,13?/m1/s1. The van der Waals surface area contributed by atoms with E-state index in [-0.39, 0.29) is 5.97 Å². The van der Waals surface area contributed by atoms with Gasteiger partial charge in [0.1, 0.15) is 0 Å². The van der Waals surface area contributed by atoms with Crippen LogP contribution in [0.5, 0.6) is 0 Å². The number of carbonyl (C=O) groups is 1. The van der Waals surface area contributed by atoms with Gasteiger partial charge in [-0.05, 0) is 51.3 Å². The average Bonchev–Trinajstić information content (AvgIpc) is 2.40. The van der Waals surface area contributed by atoms with E-state index in [1.54, 1.807) is 6.07 Å². The third-order valence-corrected chi connectivity index (χ3v) is 4.44. The number of rotatable bonds is 3. The summed E-state index contributed by atoms with van der Waals surface area (Å²) in [5, 5.41) is 7.13. The van der Waals surface area contributed by atoms with Crippen molar-refractivity contribution in [2.45, 2.75) is 51.7 Å². The van der Waals surface area contributed by atoms with E-state index in [0.29, 0.717) is 23.7 Å². The van der Waals surface area contributed by atoms with Crippen molar-refractivity contribution in [3.63, 3.8) is 0 Å². The number of esters is 1. The summed E-state index contributed by atoms with van der Waals surface area (Å²) in [5.74, 6) is -0.302. The maximum atomic E-state index is 11.9. The van der Waals surface area contributed by atoms with Crippen molar-refractivity contribution >= 4 is 27.6 Å².